The van der Waals surface area contributed by atoms with Crippen LogP contribution in [-0.4, -0.2) is 24.9 Å². The van der Waals surface area contributed by atoms with Crippen LogP contribution < -0.4 is 10.2 Å². The van der Waals surface area contributed by atoms with Crippen LogP contribution in [0.15, 0.2) is 42.5 Å². The highest BCUT2D eigenvalue weighted by Crippen LogP contribution is 2.29. The molecule has 1 aliphatic rings. The Morgan fingerprint density at radius 1 is 1.04 bits per heavy atom. The Morgan fingerprint density at radius 2 is 1.69 bits per heavy atom. The SMILES string of the molecule is O=C(NCCc1ccccc1F)C1CC(=O)N(c2c(F)cccc2F)C1. The van der Waals surface area contributed by atoms with Crippen LogP contribution in [0.3, 0.4) is 0 Å². The van der Waals surface area contributed by atoms with Crippen LogP contribution in [0.25, 0.3) is 0 Å². The van der Waals surface area contributed by atoms with Gasteiger partial charge in [-0.15, -0.1) is 0 Å². The number of amides is 2. The van der Waals surface area contributed by atoms with Crippen molar-refractivity contribution in [3.63, 3.8) is 0 Å². The van der Waals surface area contributed by atoms with Crippen LogP contribution in [-0.2, 0) is 16.0 Å². The summed E-state index contributed by atoms with van der Waals surface area (Å²) in [6.45, 7) is 0.112. The molecule has 1 atom stereocenters. The number of nitrogens with one attached hydrogen (secondary N) is 1. The van der Waals surface area contributed by atoms with Gasteiger partial charge in [-0.1, -0.05) is 24.3 Å². The summed E-state index contributed by atoms with van der Waals surface area (Å²) in [5, 5.41) is 2.65. The molecule has 0 aliphatic carbocycles. The molecule has 4 nitrogen and oxygen atoms in total. The summed E-state index contributed by atoms with van der Waals surface area (Å²) in [6.07, 6.45) is 0.185. The van der Waals surface area contributed by atoms with Crippen molar-refractivity contribution in [3.05, 3.63) is 65.5 Å². The van der Waals surface area contributed by atoms with Gasteiger partial charge in [0.2, 0.25) is 11.8 Å². The summed E-state index contributed by atoms with van der Waals surface area (Å²) >= 11 is 0. The van der Waals surface area contributed by atoms with E-state index in [1.807, 2.05) is 0 Å². The molecule has 0 spiro atoms. The third kappa shape index (κ3) is 3.71. The Bertz CT molecular complexity index is 821. The van der Waals surface area contributed by atoms with Gasteiger partial charge in [0.05, 0.1) is 5.92 Å². The fourth-order valence-electron chi connectivity index (χ4n) is 3.01. The number of nitrogens with zero attached hydrogens (tertiary/aromatic N) is 1. The van der Waals surface area contributed by atoms with Gasteiger partial charge in [-0.3, -0.25) is 9.59 Å². The van der Waals surface area contributed by atoms with E-state index in [9.17, 15) is 22.8 Å². The Kier molecular flexibility index (Phi) is 5.25. The average molecular weight is 362 g/mol. The van der Waals surface area contributed by atoms with Gasteiger partial charge < -0.3 is 10.2 Å². The Hall–Kier alpha value is -2.83. The number of benzene rings is 2. The van der Waals surface area contributed by atoms with Crippen LogP contribution >= 0.6 is 0 Å². The average Bonchev–Trinajstić information content (AvgIpc) is 2.98. The molecule has 0 radical (unpaired) electrons. The first-order valence-electron chi connectivity index (χ1n) is 8.23. The van der Waals surface area contributed by atoms with Gasteiger partial charge in [-0.25, -0.2) is 13.2 Å². The molecule has 0 saturated carbocycles. The number of rotatable bonds is 5. The fourth-order valence-corrected chi connectivity index (χ4v) is 3.01. The molecular formula is C19H17F3N2O2. The van der Waals surface area contributed by atoms with E-state index < -0.39 is 35.1 Å². The minimum absolute atomic E-state index is 0.0950. The molecule has 7 heteroatoms. The maximum absolute atomic E-state index is 13.9. The molecular weight excluding hydrogens is 345 g/mol. The summed E-state index contributed by atoms with van der Waals surface area (Å²) in [5.74, 6) is -3.66. The van der Waals surface area contributed by atoms with Crippen molar-refractivity contribution in [1.82, 2.24) is 5.32 Å². The molecule has 1 unspecified atom stereocenters. The van der Waals surface area contributed by atoms with Crippen molar-refractivity contribution in [2.75, 3.05) is 18.0 Å². The Balaban J connectivity index is 1.60. The molecule has 136 valence electrons. The van der Waals surface area contributed by atoms with E-state index >= 15 is 0 Å². The lowest BCUT2D eigenvalue weighted by atomic mass is 10.1. The Morgan fingerprint density at radius 3 is 2.38 bits per heavy atom. The van der Waals surface area contributed by atoms with E-state index in [-0.39, 0.29) is 25.3 Å². The highest BCUT2D eigenvalue weighted by Gasteiger charge is 2.37. The van der Waals surface area contributed by atoms with Crippen molar-refractivity contribution < 1.29 is 22.8 Å². The van der Waals surface area contributed by atoms with Crippen molar-refractivity contribution in [1.29, 1.82) is 0 Å². The Labute approximate surface area is 148 Å². The standard InChI is InChI=1S/C19H17F3N2O2/c20-14-5-2-1-4-12(14)8-9-23-19(26)13-10-17(25)24(11-13)18-15(21)6-3-7-16(18)22/h1-7,13H,8-11H2,(H,23,26). The molecule has 1 saturated heterocycles. The maximum atomic E-state index is 13.9. The van der Waals surface area contributed by atoms with Gasteiger partial charge in [0.25, 0.3) is 0 Å². The second-order valence-corrected chi connectivity index (χ2v) is 6.11. The lowest BCUT2D eigenvalue weighted by Gasteiger charge is -2.18. The first-order chi connectivity index (χ1) is 12.5. The first kappa shape index (κ1) is 18.0. The van der Waals surface area contributed by atoms with E-state index in [1.165, 1.54) is 12.1 Å². The lowest BCUT2D eigenvalue weighted by molar-refractivity contribution is -0.126. The molecule has 1 aliphatic heterocycles. The third-order valence-corrected chi connectivity index (χ3v) is 4.35. The molecule has 2 amide bonds. The van der Waals surface area contributed by atoms with Gasteiger partial charge in [-0.2, -0.15) is 0 Å². The summed E-state index contributed by atoms with van der Waals surface area (Å²) in [7, 11) is 0. The number of carbonyl (C=O) groups is 2. The fraction of sp³-hybridized carbons (Fsp3) is 0.263. The normalized spacial score (nSPS) is 16.8. The molecule has 26 heavy (non-hydrogen) atoms. The van der Waals surface area contributed by atoms with Crippen LogP contribution in [0, 0.1) is 23.4 Å². The number of halogens is 3. The van der Waals surface area contributed by atoms with Gasteiger partial charge in [0, 0.05) is 19.5 Å². The molecule has 0 aromatic heterocycles. The summed E-state index contributed by atoms with van der Waals surface area (Å²) in [4.78, 5) is 25.3. The van der Waals surface area contributed by atoms with Crippen molar-refractivity contribution >= 4 is 17.5 Å². The van der Waals surface area contributed by atoms with Crippen molar-refractivity contribution in [2.45, 2.75) is 12.8 Å². The molecule has 1 N–H and O–H groups in total. The van der Waals surface area contributed by atoms with E-state index in [4.69, 9.17) is 0 Å². The maximum Gasteiger partial charge on any atom is 0.228 e. The molecule has 2 aromatic carbocycles. The minimum atomic E-state index is -0.848. The summed E-state index contributed by atoms with van der Waals surface area (Å²) in [5.41, 5.74) is 0.0458. The van der Waals surface area contributed by atoms with Crippen molar-refractivity contribution in [2.24, 2.45) is 5.92 Å². The predicted octanol–water partition coefficient (Wildman–Crippen LogP) is 2.82. The second-order valence-electron chi connectivity index (χ2n) is 6.11. The monoisotopic (exact) mass is 362 g/mol. The van der Waals surface area contributed by atoms with E-state index in [1.54, 1.807) is 18.2 Å². The van der Waals surface area contributed by atoms with Gasteiger partial charge in [0.15, 0.2) is 0 Å². The predicted molar refractivity (Wildman–Crippen MR) is 89.9 cm³/mol. The number of para-hydroxylation sites is 1. The number of anilines is 1. The zero-order valence-electron chi connectivity index (χ0n) is 13.8. The second kappa shape index (κ2) is 7.59. The quantitative estimate of drug-likeness (QED) is 0.889. The smallest absolute Gasteiger partial charge is 0.228 e. The van der Waals surface area contributed by atoms with E-state index in [0.717, 1.165) is 17.0 Å². The van der Waals surface area contributed by atoms with Crippen LogP contribution in [0.5, 0.6) is 0 Å². The zero-order valence-corrected chi connectivity index (χ0v) is 13.8. The van der Waals surface area contributed by atoms with Gasteiger partial charge in [-0.05, 0) is 30.2 Å². The van der Waals surface area contributed by atoms with Crippen molar-refractivity contribution in [3.8, 4) is 0 Å². The molecule has 3 rings (SSSR count). The molecule has 1 fully saturated rings. The van der Waals surface area contributed by atoms with E-state index in [2.05, 4.69) is 5.32 Å². The number of carbonyl (C=O) groups excluding carboxylic acids is 2. The highest BCUT2D eigenvalue weighted by molar-refractivity contribution is 6.00. The topological polar surface area (TPSA) is 49.4 Å². The molecule has 2 aromatic rings. The largest absolute Gasteiger partial charge is 0.355 e. The van der Waals surface area contributed by atoms with Gasteiger partial charge >= 0.3 is 0 Å². The summed E-state index contributed by atoms with van der Waals surface area (Å²) in [6, 6.07) is 9.59. The van der Waals surface area contributed by atoms with Crippen LogP contribution in [0.4, 0.5) is 18.9 Å². The molecule has 0 bridgehead atoms. The number of hydrogen-bond donors (Lipinski definition) is 1. The first-order valence-corrected chi connectivity index (χ1v) is 8.23. The minimum Gasteiger partial charge on any atom is -0.355 e. The third-order valence-electron chi connectivity index (χ3n) is 4.35. The zero-order chi connectivity index (χ0) is 18.7. The molecule has 1 heterocycles. The van der Waals surface area contributed by atoms with Crippen LogP contribution in [0.2, 0.25) is 0 Å². The van der Waals surface area contributed by atoms with Crippen LogP contribution in [0.1, 0.15) is 12.0 Å². The van der Waals surface area contributed by atoms with Gasteiger partial charge in [0.1, 0.15) is 23.1 Å². The summed E-state index contributed by atoms with van der Waals surface area (Å²) < 4.78 is 41.3. The highest BCUT2D eigenvalue weighted by atomic mass is 19.1. The van der Waals surface area contributed by atoms with E-state index in [0.29, 0.717) is 12.0 Å². The number of hydrogen-bond acceptors (Lipinski definition) is 2. The lowest BCUT2D eigenvalue weighted by Crippen LogP contribution is -2.34.